The lowest BCUT2D eigenvalue weighted by molar-refractivity contribution is 0.0696. The van der Waals surface area contributed by atoms with Gasteiger partial charge in [-0.2, -0.15) is 0 Å². The number of aromatic nitrogens is 2. The smallest absolute Gasteiger partial charge is 0.335 e. The Balaban J connectivity index is 1.30. The molecule has 0 amide bonds. The zero-order valence-electron chi connectivity index (χ0n) is 19.3. The van der Waals surface area contributed by atoms with Gasteiger partial charge in [0.2, 0.25) is 0 Å². The fraction of sp³-hybridized carbons (Fsp3) is 0.346. The van der Waals surface area contributed by atoms with Crippen molar-refractivity contribution in [2.24, 2.45) is 0 Å². The quantitative estimate of drug-likeness (QED) is 0.252. The van der Waals surface area contributed by atoms with Crippen molar-refractivity contribution in [1.29, 1.82) is 0 Å². The van der Waals surface area contributed by atoms with Crippen molar-refractivity contribution >= 4 is 35.2 Å². The van der Waals surface area contributed by atoms with Crippen LogP contribution in [0.4, 0.5) is 0 Å². The summed E-state index contributed by atoms with van der Waals surface area (Å²) in [5.74, 6) is 1.24. The predicted octanol–water partition coefficient (Wildman–Crippen LogP) is 7.28. The number of hydrogen-bond acceptors (Lipinski definition) is 6. The van der Waals surface area contributed by atoms with E-state index < -0.39 is 5.97 Å². The molecule has 0 unspecified atom stereocenters. The number of rotatable bonds is 12. The van der Waals surface area contributed by atoms with E-state index in [9.17, 15) is 4.79 Å². The van der Waals surface area contributed by atoms with Gasteiger partial charge in [-0.05, 0) is 56.7 Å². The zero-order valence-corrected chi connectivity index (χ0v) is 20.8. The van der Waals surface area contributed by atoms with Crippen molar-refractivity contribution in [3.63, 3.8) is 0 Å². The van der Waals surface area contributed by atoms with Crippen LogP contribution >= 0.6 is 23.2 Å². The number of pyridine rings is 1. The molecule has 184 valence electrons. The van der Waals surface area contributed by atoms with E-state index >= 15 is 0 Å². The van der Waals surface area contributed by atoms with Crippen molar-refractivity contribution in [3.05, 3.63) is 63.6 Å². The Morgan fingerprint density at radius 3 is 2.63 bits per heavy atom. The van der Waals surface area contributed by atoms with E-state index in [4.69, 9.17) is 42.3 Å². The molecule has 0 saturated heterocycles. The first-order valence-electron chi connectivity index (χ1n) is 11.5. The molecule has 4 rings (SSSR count). The second kappa shape index (κ2) is 11.6. The van der Waals surface area contributed by atoms with Crippen LogP contribution in [-0.2, 0) is 0 Å². The van der Waals surface area contributed by atoms with Crippen LogP contribution in [0.3, 0.4) is 0 Å². The summed E-state index contributed by atoms with van der Waals surface area (Å²) >= 11 is 12.7. The highest BCUT2D eigenvalue weighted by Crippen LogP contribution is 2.46. The van der Waals surface area contributed by atoms with Gasteiger partial charge in [0.05, 0.1) is 29.3 Å². The van der Waals surface area contributed by atoms with Crippen molar-refractivity contribution in [2.45, 2.75) is 44.4 Å². The van der Waals surface area contributed by atoms with Gasteiger partial charge in [-0.1, -0.05) is 40.5 Å². The largest absolute Gasteiger partial charge is 0.493 e. The second-order valence-corrected chi connectivity index (χ2v) is 9.15. The topological polar surface area (TPSA) is 94.7 Å². The van der Waals surface area contributed by atoms with Gasteiger partial charge < -0.3 is 19.1 Å². The predicted molar refractivity (Wildman–Crippen MR) is 135 cm³/mol. The average Bonchev–Trinajstić information content (AvgIpc) is 3.61. The number of unbranched alkanes of at least 4 members (excludes halogenated alkanes) is 3. The number of hydrogen-bond donors (Lipinski definition) is 1. The minimum atomic E-state index is -1.00. The number of methoxy groups -OCH3 is 1. The Morgan fingerprint density at radius 2 is 1.94 bits per heavy atom. The van der Waals surface area contributed by atoms with E-state index in [1.165, 1.54) is 19.2 Å². The second-order valence-electron chi connectivity index (χ2n) is 8.33. The SMILES string of the molecule is COc1cc(C(=O)O)ccc1OCCCCC/C=C/c1c(-c2c(Cl)cncc2Cl)noc1C1CC1. The molecule has 1 saturated carbocycles. The summed E-state index contributed by atoms with van der Waals surface area (Å²) in [6, 6.07) is 4.59. The monoisotopic (exact) mass is 516 g/mol. The Labute approximate surface area is 213 Å². The van der Waals surface area contributed by atoms with Gasteiger partial charge >= 0.3 is 5.97 Å². The summed E-state index contributed by atoms with van der Waals surface area (Å²) in [6.45, 7) is 0.521. The molecule has 9 heteroatoms. The average molecular weight is 517 g/mol. The zero-order chi connectivity index (χ0) is 24.8. The van der Waals surface area contributed by atoms with Crippen molar-refractivity contribution in [2.75, 3.05) is 13.7 Å². The molecule has 1 aromatic carbocycles. The first-order chi connectivity index (χ1) is 17.0. The maximum atomic E-state index is 11.1. The molecule has 1 N–H and O–H groups in total. The number of carbonyl (C=O) groups is 1. The van der Waals surface area contributed by atoms with Gasteiger partial charge in [0, 0.05) is 29.4 Å². The summed E-state index contributed by atoms with van der Waals surface area (Å²) in [5, 5.41) is 14.3. The van der Waals surface area contributed by atoms with Crippen molar-refractivity contribution < 1.29 is 23.9 Å². The Bertz CT molecular complexity index is 1200. The minimum absolute atomic E-state index is 0.162. The van der Waals surface area contributed by atoms with Gasteiger partial charge in [0.15, 0.2) is 11.5 Å². The number of aromatic carboxylic acids is 1. The number of nitrogens with zero attached hydrogens (tertiary/aromatic N) is 2. The van der Waals surface area contributed by atoms with Crippen LogP contribution in [0, 0.1) is 0 Å². The van der Waals surface area contributed by atoms with E-state index in [1.54, 1.807) is 18.5 Å². The van der Waals surface area contributed by atoms with Crippen LogP contribution in [0.15, 0.2) is 41.2 Å². The van der Waals surface area contributed by atoms with E-state index in [-0.39, 0.29) is 5.56 Å². The lowest BCUT2D eigenvalue weighted by atomic mass is 10.0. The maximum Gasteiger partial charge on any atom is 0.335 e. The molecule has 35 heavy (non-hydrogen) atoms. The Morgan fingerprint density at radius 1 is 1.17 bits per heavy atom. The first-order valence-corrected chi connectivity index (χ1v) is 12.2. The molecule has 3 aromatic rings. The molecule has 7 nitrogen and oxygen atoms in total. The van der Waals surface area contributed by atoms with E-state index in [0.29, 0.717) is 45.3 Å². The highest BCUT2D eigenvalue weighted by molar-refractivity contribution is 6.39. The molecule has 0 radical (unpaired) electrons. The molecule has 0 spiro atoms. The first kappa shape index (κ1) is 25.1. The molecule has 0 atom stereocenters. The number of allylic oxidation sites excluding steroid dienone is 1. The number of ether oxygens (including phenoxy) is 2. The summed E-state index contributed by atoms with van der Waals surface area (Å²) in [6.07, 6.45) is 13.2. The molecule has 0 aliphatic heterocycles. The van der Waals surface area contributed by atoms with Crippen LogP contribution in [0.1, 0.15) is 66.1 Å². The van der Waals surface area contributed by atoms with Crippen LogP contribution < -0.4 is 9.47 Å². The number of benzene rings is 1. The van der Waals surface area contributed by atoms with Gasteiger partial charge in [-0.15, -0.1) is 0 Å². The summed E-state index contributed by atoms with van der Waals surface area (Å²) in [5.41, 5.74) is 2.39. The molecule has 2 heterocycles. The standard InChI is InChI=1S/C26H26Cl2N2O5/c1-33-22-13-17(26(31)32)10-11-21(22)34-12-6-4-2-3-5-7-18-24(30-35-25(18)16-8-9-16)23-19(27)14-29-15-20(23)28/h5,7,10-11,13-16H,2-4,6,8-9,12H2,1H3,(H,31,32)/b7-5+. The van der Waals surface area contributed by atoms with Crippen LogP contribution in [0.25, 0.3) is 17.3 Å². The minimum Gasteiger partial charge on any atom is -0.493 e. The third-order valence-electron chi connectivity index (χ3n) is 5.76. The summed E-state index contributed by atoms with van der Waals surface area (Å²) < 4.78 is 16.7. The van der Waals surface area contributed by atoms with Gasteiger partial charge in [-0.25, -0.2) is 4.79 Å². The van der Waals surface area contributed by atoms with Crippen LogP contribution in [0.2, 0.25) is 10.0 Å². The van der Waals surface area contributed by atoms with Gasteiger partial charge in [0.25, 0.3) is 0 Å². The molecular formula is C26H26Cl2N2O5. The number of carboxylic acid groups (broad SMARTS) is 1. The number of halogens is 2. The van der Waals surface area contributed by atoms with Crippen LogP contribution in [-0.4, -0.2) is 34.9 Å². The maximum absolute atomic E-state index is 11.1. The summed E-state index contributed by atoms with van der Waals surface area (Å²) in [7, 11) is 1.49. The summed E-state index contributed by atoms with van der Waals surface area (Å²) in [4.78, 5) is 15.1. The highest BCUT2D eigenvalue weighted by Gasteiger charge is 2.32. The van der Waals surface area contributed by atoms with Crippen molar-refractivity contribution in [1.82, 2.24) is 10.1 Å². The molecule has 0 bridgehead atoms. The fourth-order valence-electron chi connectivity index (χ4n) is 3.77. The molecule has 1 fully saturated rings. The molecule has 1 aliphatic carbocycles. The van der Waals surface area contributed by atoms with Crippen LogP contribution in [0.5, 0.6) is 11.5 Å². The van der Waals surface area contributed by atoms with E-state index in [1.807, 2.05) is 0 Å². The number of carboxylic acids is 1. The van der Waals surface area contributed by atoms with Crippen molar-refractivity contribution in [3.8, 4) is 22.8 Å². The van der Waals surface area contributed by atoms with Gasteiger partial charge in [-0.3, -0.25) is 4.98 Å². The highest BCUT2D eigenvalue weighted by atomic mass is 35.5. The van der Waals surface area contributed by atoms with Gasteiger partial charge in [0.1, 0.15) is 11.5 Å². The molecule has 1 aliphatic rings. The Kier molecular flexibility index (Phi) is 8.31. The van der Waals surface area contributed by atoms with E-state index in [0.717, 1.165) is 49.8 Å². The normalized spacial score (nSPS) is 13.3. The third kappa shape index (κ3) is 6.16. The fourth-order valence-corrected chi connectivity index (χ4v) is 4.32. The molecule has 2 aromatic heterocycles. The Hall–Kier alpha value is -3.03. The lowest BCUT2D eigenvalue weighted by Gasteiger charge is -2.11. The molecular weight excluding hydrogens is 491 g/mol. The lowest BCUT2D eigenvalue weighted by Crippen LogP contribution is -2.02. The third-order valence-corrected chi connectivity index (χ3v) is 6.34. The van der Waals surface area contributed by atoms with E-state index in [2.05, 4.69) is 22.3 Å².